The van der Waals surface area contributed by atoms with Crippen molar-refractivity contribution in [3.05, 3.63) is 48.0 Å². The third kappa shape index (κ3) is 14.6. The molecule has 17 nitrogen and oxygen atoms in total. The summed E-state index contributed by atoms with van der Waals surface area (Å²) in [5.41, 5.74) is 0.848. The van der Waals surface area contributed by atoms with E-state index < -0.39 is 65.9 Å². The number of likely N-dealkylation sites (tertiary alicyclic amines) is 1. The third-order valence-electron chi connectivity index (χ3n) is 12.0. The zero-order chi connectivity index (χ0) is 47.0. The molecule has 2 aliphatic rings. The van der Waals surface area contributed by atoms with Crippen molar-refractivity contribution in [2.24, 2.45) is 22.7 Å². The molecule has 0 spiro atoms. The van der Waals surface area contributed by atoms with E-state index in [0.29, 0.717) is 25.3 Å². The SMILES string of the molecule is CC[C@H](C)[C@@H]([C@H](CC(=O)N1CCC[C@H]1[C@H](OC)[C@@H](C)C(=O)N[C@@H](Cc1ccccc1)C(=O)NCCOCCN1C(=O)C=CC1=O)OC)N(C)C(=O)[C@@H](N=C(N(C)C)N(C)C)C(C)C. The maximum absolute atomic E-state index is 14.4. The number of nitrogens with zero attached hydrogens (tertiary/aromatic N) is 6. The summed E-state index contributed by atoms with van der Waals surface area (Å²) < 4.78 is 17.6. The van der Waals surface area contributed by atoms with Gasteiger partial charge in [-0.2, -0.15) is 0 Å². The molecule has 2 aliphatic heterocycles. The van der Waals surface area contributed by atoms with Gasteiger partial charge >= 0.3 is 0 Å². The van der Waals surface area contributed by atoms with E-state index in [1.807, 2.05) is 82.2 Å². The van der Waals surface area contributed by atoms with E-state index in [9.17, 15) is 28.8 Å². The number of methoxy groups -OCH3 is 2. The highest BCUT2D eigenvalue weighted by molar-refractivity contribution is 6.12. The normalized spacial score (nSPS) is 18.3. The van der Waals surface area contributed by atoms with Crippen LogP contribution < -0.4 is 10.6 Å². The molecule has 0 radical (unpaired) electrons. The van der Waals surface area contributed by atoms with Gasteiger partial charge in [0, 0.05) is 81.1 Å². The van der Waals surface area contributed by atoms with Gasteiger partial charge in [0.25, 0.3) is 11.8 Å². The largest absolute Gasteiger partial charge is 0.379 e. The van der Waals surface area contributed by atoms with Crippen LogP contribution in [0.5, 0.6) is 0 Å². The molecule has 0 unspecified atom stereocenters. The fourth-order valence-electron chi connectivity index (χ4n) is 8.40. The first-order valence-corrected chi connectivity index (χ1v) is 22.2. The number of nitrogens with one attached hydrogen (secondary N) is 2. The summed E-state index contributed by atoms with van der Waals surface area (Å²) in [6.07, 6.45) is 3.44. The van der Waals surface area contributed by atoms with E-state index >= 15 is 0 Å². The topological polar surface area (TPSA) is 183 Å². The first-order chi connectivity index (χ1) is 29.9. The summed E-state index contributed by atoms with van der Waals surface area (Å²) >= 11 is 0. The molecule has 2 heterocycles. The van der Waals surface area contributed by atoms with Gasteiger partial charge in [-0.1, -0.05) is 71.4 Å². The van der Waals surface area contributed by atoms with Crippen molar-refractivity contribution >= 4 is 41.4 Å². The molecule has 1 saturated heterocycles. The lowest BCUT2D eigenvalue weighted by Crippen LogP contribution is -2.55. The maximum Gasteiger partial charge on any atom is 0.253 e. The minimum atomic E-state index is -0.926. The molecule has 0 aliphatic carbocycles. The number of rotatable bonds is 24. The van der Waals surface area contributed by atoms with Gasteiger partial charge in [-0.05, 0) is 30.2 Å². The summed E-state index contributed by atoms with van der Waals surface area (Å²) in [5.74, 6) is -2.07. The average Bonchev–Trinajstić information content (AvgIpc) is 3.86. The molecule has 17 heteroatoms. The Bertz CT molecular complexity index is 1710. The second-order valence-electron chi connectivity index (χ2n) is 17.3. The molecule has 3 rings (SSSR count). The van der Waals surface area contributed by atoms with Crippen LogP contribution >= 0.6 is 0 Å². The van der Waals surface area contributed by atoms with Crippen molar-refractivity contribution in [2.75, 3.05) is 82.3 Å². The van der Waals surface area contributed by atoms with E-state index in [0.717, 1.165) is 16.9 Å². The van der Waals surface area contributed by atoms with Crippen LogP contribution in [-0.2, 0) is 49.4 Å². The fourth-order valence-corrected chi connectivity index (χ4v) is 8.40. The van der Waals surface area contributed by atoms with Crippen molar-refractivity contribution in [3.8, 4) is 0 Å². The molecule has 63 heavy (non-hydrogen) atoms. The second-order valence-corrected chi connectivity index (χ2v) is 17.3. The van der Waals surface area contributed by atoms with Crippen LogP contribution in [-0.4, -0.2) is 185 Å². The number of aliphatic imine (C=N–C) groups is 1. The van der Waals surface area contributed by atoms with E-state index in [4.69, 9.17) is 19.2 Å². The number of imide groups is 1. The number of carbonyl (C=O) groups is 6. The Morgan fingerprint density at radius 1 is 0.889 bits per heavy atom. The smallest absolute Gasteiger partial charge is 0.253 e. The predicted octanol–water partition coefficient (Wildman–Crippen LogP) is 2.20. The van der Waals surface area contributed by atoms with Gasteiger partial charge < -0.3 is 44.4 Å². The van der Waals surface area contributed by atoms with Crippen molar-refractivity contribution in [1.82, 2.24) is 35.1 Å². The molecule has 8 atom stereocenters. The van der Waals surface area contributed by atoms with Crippen LogP contribution in [0.15, 0.2) is 47.5 Å². The number of hydrogen-bond acceptors (Lipinski definition) is 10. The zero-order valence-electron chi connectivity index (χ0n) is 39.7. The van der Waals surface area contributed by atoms with Crippen LogP contribution in [0, 0.1) is 17.8 Å². The molecule has 0 bridgehead atoms. The highest BCUT2D eigenvalue weighted by Crippen LogP contribution is 2.30. The quantitative estimate of drug-likeness (QED) is 0.0673. The maximum atomic E-state index is 14.4. The van der Waals surface area contributed by atoms with Crippen LogP contribution in [0.25, 0.3) is 0 Å². The summed E-state index contributed by atoms with van der Waals surface area (Å²) in [4.78, 5) is 93.1. The van der Waals surface area contributed by atoms with E-state index in [2.05, 4.69) is 24.5 Å². The predicted molar refractivity (Wildman–Crippen MR) is 241 cm³/mol. The number of benzene rings is 1. The Kier molecular flexibility index (Phi) is 21.2. The monoisotopic (exact) mass is 883 g/mol. The molecular weight excluding hydrogens is 809 g/mol. The Hall–Kier alpha value is -4.87. The van der Waals surface area contributed by atoms with Crippen molar-refractivity contribution in [2.45, 2.75) is 103 Å². The number of hydrogen-bond donors (Lipinski definition) is 2. The number of ether oxygens (including phenoxy) is 3. The lowest BCUT2D eigenvalue weighted by atomic mass is 9.89. The average molecular weight is 883 g/mol. The molecule has 0 saturated carbocycles. The van der Waals surface area contributed by atoms with Crippen LogP contribution in [0.3, 0.4) is 0 Å². The van der Waals surface area contributed by atoms with Gasteiger partial charge in [-0.25, -0.2) is 4.99 Å². The van der Waals surface area contributed by atoms with Gasteiger partial charge in [0.15, 0.2) is 5.96 Å². The highest BCUT2D eigenvalue weighted by atomic mass is 16.5. The number of likely N-dealkylation sites (N-methyl/N-ethyl adjacent to an activating group) is 1. The lowest BCUT2D eigenvalue weighted by molar-refractivity contribution is -0.146. The van der Waals surface area contributed by atoms with Crippen molar-refractivity contribution in [1.29, 1.82) is 0 Å². The molecular formula is C46H74N8O9. The third-order valence-corrected chi connectivity index (χ3v) is 12.0. The second kappa shape index (κ2) is 25.4. The van der Waals surface area contributed by atoms with Gasteiger partial charge in [-0.3, -0.25) is 33.7 Å². The minimum Gasteiger partial charge on any atom is -0.379 e. The Labute approximate surface area is 374 Å². The summed E-state index contributed by atoms with van der Waals surface area (Å²) in [6, 6.07) is 6.92. The van der Waals surface area contributed by atoms with Crippen molar-refractivity contribution < 1.29 is 43.0 Å². The standard InChI is InChI=1S/C46H74N8O9/c1-13-31(4)41(52(10)45(60)40(30(2)3)49-46(50(6)7)51(8)9)36(61-11)29-39(57)53-24-17-20-35(53)42(62-12)32(5)43(58)48-34(28-33-18-15-14-16-19-33)44(59)47-23-26-63-27-25-54-37(55)21-22-38(54)56/h14-16,18-19,21-22,30-32,34-36,40-42H,13,17,20,23-29H2,1-12H3,(H,47,59)(H,48,58)/t31-,32+,34-,35-,36-,40-,41-,42+/m0/s1. The minimum absolute atomic E-state index is 0.00882. The number of guanidine groups is 1. The van der Waals surface area contributed by atoms with Crippen LogP contribution in [0.1, 0.15) is 65.9 Å². The van der Waals surface area contributed by atoms with Gasteiger partial charge in [0.1, 0.15) is 12.1 Å². The fraction of sp³-hybridized carbons (Fsp3) is 0.674. The zero-order valence-corrected chi connectivity index (χ0v) is 39.7. The van der Waals surface area contributed by atoms with E-state index in [1.54, 1.807) is 30.9 Å². The highest BCUT2D eigenvalue weighted by Gasteiger charge is 2.43. The molecule has 0 aromatic heterocycles. The van der Waals surface area contributed by atoms with Gasteiger partial charge in [-0.15, -0.1) is 0 Å². The first kappa shape index (κ1) is 52.5. The summed E-state index contributed by atoms with van der Waals surface area (Å²) in [7, 11) is 12.4. The number of carbonyl (C=O) groups excluding carboxylic acids is 6. The Balaban J connectivity index is 1.73. The van der Waals surface area contributed by atoms with E-state index in [1.165, 1.54) is 19.3 Å². The molecule has 6 amide bonds. The lowest BCUT2D eigenvalue weighted by Gasteiger charge is -2.40. The van der Waals surface area contributed by atoms with Crippen LogP contribution in [0.4, 0.5) is 0 Å². The van der Waals surface area contributed by atoms with E-state index in [-0.39, 0.29) is 62.8 Å². The van der Waals surface area contributed by atoms with Crippen LogP contribution in [0.2, 0.25) is 0 Å². The molecule has 352 valence electrons. The molecule has 1 aromatic rings. The summed E-state index contributed by atoms with van der Waals surface area (Å²) in [6.45, 7) is 10.8. The Morgan fingerprint density at radius 2 is 1.52 bits per heavy atom. The molecule has 2 N–H and O–H groups in total. The van der Waals surface area contributed by atoms with Gasteiger partial charge in [0.2, 0.25) is 23.6 Å². The molecule has 1 aromatic carbocycles. The van der Waals surface area contributed by atoms with Crippen molar-refractivity contribution in [3.63, 3.8) is 0 Å². The Morgan fingerprint density at radius 3 is 2.08 bits per heavy atom. The summed E-state index contributed by atoms with van der Waals surface area (Å²) in [5, 5.41) is 5.78. The van der Waals surface area contributed by atoms with Gasteiger partial charge in [0.05, 0.1) is 56.4 Å². The number of amides is 6. The molecule has 1 fully saturated rings. The first-order valence-electron chi connectivity index (χ1n) is 22.2.